The SMILES string of the molecule is c1ccc2c(c1)cn1c3nc4ccccc4nc3c3c4ccc(-c5ccc6c7c8ccccc8c8ccccc8c7c7nc8nccnc8nc7n56)cc4c4ccccc4c3c21. The maximum atomic E-state index is 5.42. The molecule has 0 saturated heterocycles. The van der Waals surface area contributed by atoms with Gasteiger partial charge in [0.2, 0.25) is 0 Å². The molecule has 7 heterocycles. The molecule has 0 unspecified atom stereocenters. The number of para-hydroxylation sites is 2. The lowest BCUT2D eigenvalue weighted by Crippen LogP contribution is -2.01. The molecule has 284 valence electrons. The third-order valence-electron chi connectivity index (χ3n) is 13.1. The zero-order valence-corrected chi connectivity index (χ0v) is 32.7. The summed E-state index contributed by atoms with van der Waals surface area (Å²) in [6, 6.07) is 54.3. The molecular formula is C54H28N8. The van der Waals surface area contributed by atoms with Crippen LogP contribution in [-0.4, -0.2) is 38.7 Å². The molecule has 0 fully saturated rings. The average Bonchev–Trinajstić information content (AvgIpc) is 3.96. The number of hydrogen-bond donors (Lipinski definition) is 0. The van der Waals surface area contributed by atoms with Crippen molar-refractivity contribution >= 4 is 131 Å². The van der Waals surface area contributed by atoms with E-state index in [1.54, 1.807) is 12.4 Å². The summed E-state index contributed by atoms with van der Waals surface area (Å²) < 4.78 is 4.55. The maximum absolute atomic E-state index is 5.42. The van der Waals surface area contributed by atoms with Crippen molar-refractivity contribution in [3.05, 3.63) is 170 Å². The summed E-state index contributed by atoms with van der Waals surface area (Å²) in [5.41, 5.74) is 10.3. The Morgan fingerprint density at radius 2 is 0.952 bits per heavy atom. The number of aromatic nitrogens is 8. The lowest BCUT2D eigenvalue weighted by atomic mass is 9.91. The van der Waals surface area contributed by atoms with Gasteiger partial charge in [-0.05, 0) is 79.0 Å². The first-order valence-electron chi connectivity index (χ1n) is 20.8. The van der Waals surface area contributed by atoms with Crippen LogP contribution < -0.4 is 0 Å². The Morgan fingerprint density at radius 3 is 1.71 bits per heavy atom. The molecule has 15 rings (SSSR count). The second kappa shape index (κ2) is 11.6. The molecule has 8 aromatic carbocycles. The number of hydrogen-bond acceptors (Lipinski definition) is 6. The summed E-state index contributed by atoms with van der Waals surface area (Å²) in [4.78, 5) is 30.6. The maximum Gasteiger partial charge on any atom is 0.199 e. The molecule has 0 saturated carbocycles. The fraction of sp³-hybridized carbons (Fsp3) is 0. The fourth-order valence-electron chi connectivity index (χ4n) is 10.6. The molecule has 0 aliphatic rings. The Bertz CT molecular complexity index is 4530. The Hall–Kier alpha value is -8.62. The highest BCUT2D eigenvalue weighted by atomic mass is 15.1. The van der Waals surface area contributed by atoms with E-state index in [2.05, 4.69) is 158 Å². The molecule has 7 aromatic heterocycles. The summed E-state index contributed by atoms with van der Waals surface area (Å²) in [6.07, 6.45) is 5.58. The molecular weight excluding hydrogens is 761 g/mol. The lowest BCUT2D eigenvalue weighted by molar-refractivity contribution is 1.16. The van der Waals surface area contributed by atoms with Crippen LogP contribution in [0.3, 0.4) is 0 Å². The third-order valence-corrected chi connectivity index (χ3v) is 13.1. The van der Waals surface area contributed by atoms with Gasteiger partial charge >= 0.3 is 0 Å². The second-order valence-corrected chi connectivity index (χ2v) is 16.3. The van der Waals surface area contributed by atoms with E-state index in [0.717, 1.165) is 88.0 Å². The van der Waals surface area contributed by atoms with Crippen LogP contribution in [0.4, 0.5) is 0 Å². The van der Waals surface area contributed by atoms with Crippen molar-refractivity contribution in [2.24, 2.45) is 0 Å². The zero-order chi connectivity index (χ0) is 40.2. The Kier molecular flexibility index (Phi) is 6.01. The van der Waals surface area contributed by atoms with Crippen molar-refractivity contribution < 1.29 is 0 Å². The molecule has 0 N–H and O–H groups in total. The predicted molar refractivity (Wildman–Crippen MR) is 253 cm³/mol. The van der Waals surface area contributed by atoms with Gasteiger partial charge in [0, 0.05) is 50.9 Å². The Morgan fingerprint density at radius 1 is 0.387 bits per heavy atom. The van der Waals surface area contributed by atoms with E-state index in [-0.39, 0.29) is 0 Å². The van der Waals surface area contributed by atoms with Gasteiger partial charge in [-0.3, -0.25) is 8.80 Å². The molecule has 0 atom stereocenters. The molecule has 0 radical (unpaired) electrons. The van der Waals surface area contributed by atoms with Gasteiger partial charge in [-0.25, -0.2) is 29.9 Å². The summed E-state index contributed by atoms with van der Waals surface area (Å²) in [6.45, 7) is 0. The summed E-state index contributed by atoms with van der Waals surface area (Å²) >= 11 is 0. The molecule has 0 amide bonds. The van der Waals surface area contributed by atoms with E-state index in [4.69, 9.17) is 19.9 Å². The van der Waals surface area contributed by atoms with Gasteiger partial charge < -0.3 is 0 Å². The lowest BCUT2D eigenvalue weighted by Gasteiger charge is -2.17. The number of benzene rings is 8. The first-order valence-corrected chi connectivity index (χ1v) is 20.8. The van der Waals surface area contributed by atoms with Gasteiger partial charge in [0.15, 0.2) is 22.6 Å². The van der Waals surface area contributed by atoms with E-state index in [1.807, 2.05) is 18.2 Å². The number of rotatable bonds is 1. The molecule has 62 heavy (non-hydrogen) atoms. The summed E-state index contributed by atoms with van der Waals surface area (Å²) in [5, 5.41) is 16.1. The molecule has 15 aromatic rings. The number of pyridine rings is 2. The normalized spacial score (nSPS) is 12.5. The Labute approximate surface area is 350 Å². The molecule has 0 aliphatic carbocycles. The first-order chi connectivity index (χ1) is 30.8. The average molecular weight is 789 g/mol. The smallest absolute Gasteiger partial charge is 0.199 e. The van der Waals surface area contributed by atoms with Gasteiger partial charge in [-0.1, -0.05) is 121 Å². The van der Waals surface area contributed by atoms with E-state index in [0.29, 0.717) is 11.3 Å². The standard InChI is InChI=1S/C54H28N8/c1-2-12-31-30(11-1)28-61-50(31)47-37-18-8-5-15-34(37)39-27-29(21-22-38(39)46(47)48-53(61)58-41-20-10-9-19-40(41)57-48)42-23-24-43-44-35-16-6-3-13-32(35)33-14-4-7-17-36(33)45(44)49-54(62(42)43)60-52-51(59-49)55-25-26-56-52/h1-28H. The summed E-state index contributed by atoms with van der Waals surface area (Å²) in [5.74, 6) is 0. The van der Waals surface area contributed by atoms with Crippen molar-refractivity contribution in [3.63, 3.8) is 0 Å². The highest BCUT2D eigenvalue weighted by Gasteiger charge is 2.24. The van der Waals surface area contributed by atoms with E-state index >= 15 is 0 Å². The van der Waals surface area contributed by atoms with Crippen LogP contribution in [0.5, 0.6) is 0 Å². The van der Waals surface area contributed by atoms with Gasteiger partial charge in [0.1, 0.15) is 11.0 Å². The van der Waals surface area contributed by atoms with Gasteiger partial charge in [-0.15, -0.1) is 0 Å². The zero-order valence-electron chi connectivity index (χ0n) is 32.7. The van der Waals surface area contributed by atoms with Crippen LogP contribution >= 0.6 is 0 Å². The van der Waals surface area contributed by atoms with Gasteiger partial charge in [-0.2, -0.15) is 0 Å². The highest BCUT2D eigenvalue weighted by Crippen LogP contribution is 2.46. The largest absolute Gasteiger partial charge is 0.298 e. The van der Waals surface area contributed by atoms with Crippen LogP contribution in [0.2, 0.25) is 0 Å². The predicted octanol–water partition coefficient (Wildman–Crippen LogP) is 12.9. The topological polar surface area (TPSA) is 86.2 Å². The number of nitrogens with zero attached hydrogens (tertiary/aromatic N) is 8. The Balaban J connectivity index is 1.12. The van der Waals surface area contributed by atoms with Crippen LogP contribution in [0.1, 0.15) is 0 Å². The number of fused-ring (bicyclic) bond motifs is 26. The minimum absolute atomic E-state index is 0.506. The minimum atomic E-state index is 0.506. The van der Waals surface area contributed by atoms with Crippen molar-refractivity contribution in [1.29, 1.82) is 0 Å². The van der Waals surface area contributed by atoms with Gasteiger partial charge in [0.05, 0.1) is 27.8 Å². The molecule has 0 bridgehead atoms. The molecule has 8 heteroatoms. The fourth-order valence-corrected chi connectivity index (χ4v) is 10.6. The van der Waals surface area contributed by atoms with E-state index in [1.165, 1.54) is 43.1 Å². The monoisotopic (exact) mass is 788 g/mol. The van der Waals surface area contributed by atoms with Crippen molar-refractivity contribution in [2.45, 2.75) is 0 Å². The second-order valence-electron chi connectivity index (χ2n) is 16.3. The van der Waals surface area contributed by atoms with Crippen LogP contribution in [0.15, 0.2) is 170 Å². The van der Waals surface area contributed by atoms with Crippen LogP contribution in [0.25, 0.3) is 142 Å². The summed E-state index contributed by atoms with van der Waals surface area (Å²) in [7, 11) is 0. The molecule has 0 aliphatic heterocycles. The van der Waals surface area contributed by atoms with Crippen molar-refractivity contribution in [3.8, 4) is 11.3 Å². The van der Waals surface area contributed by atoms with Crippen LogP contribution in [0, 0.1) is 0 Å². The third kappa shape index (κ3) is 4.05. The molecule has 0 spiro atoms. The highest BCUT2D eigenvalue weighted by molar-refractivity contribution is 6.37. The van der Waals surface area contributed by atoms with E-state index < -0.39 is 0 Å². The van der Waals surface area contributed by atoms with Crippen LogP contribution in [-0.2, 0) is 0 Å². The quantitative estimate of drug-likeness (QED) is 0.122. The first kappa shape index (κ1) is 32.3. The minimum Gasteiger partial charge on any atom is -0.298 e. The molecule has 8 nitrogen and oxygen atoms in total. The van der Waals surface area contributed by atoms with Crippen molar-refractivity contribution in [2.75, 3.05) is 0 Å². The van der Waals surface area contributed by atoms with Gasteiger partial charge in [0.25, 0.3) is 0 Å². The van der Waals surface area contributed by atoms with E-state index in [9.17, 15) is 0 Å². The van der Waals surface area contributed by atoms with Crippen molar-refractivity contribution in [1.82, 2.24) is 38.7 Å².